The SMILES string of the molecule is Cl.O=C(c1ccc(Br)c(Cl)c1)N1CCC2CCC(C1)N2. The molecule has 1 aromatic rings. The summed E-state index contributed by atoms with van der Waals surface area (Å²) in [5, 5.41) is 4.17. The Morgan fingerprint density at radius 2 is 2.05 bits per heavy atom. The largest absolute Gasteiger partial charge is 0.337 e. The Kier molecular flexibility index (Phi) is 5.35. The molecule has 2 aliphatic rings. The lowest BCUT2D eigenvalue weighted by Crippen LogP contribution is -2.39. The molecule has 3 rings (SSSR count). The molecule has 0 spiro atoms. The van der Waals surface area contributed by atoms with Crippen molar-refractivity contribution >= 4 is 45.8 Å². The van der Waals surface area contributed by atoms with Crippen molar-refractivity contribution in [1.29, 1.82) is 0 Å². The number of nitrogens with zero attached hydrogens (tertiary/aromatic N) is 1. The zero-order valence-electron chi connectivity index (χ0n) is 10.9. The van der Waals surface area contributed by atoms with Gasteiger partial charge in [0.2, 0.25) is 0 Å². The van der Waals surface area contributed by atoms with Crippen LogP contribution in [0.15, 0.2) is 22.7 Å². The van der Waals surface area contributed by atoms with Crippen LogP contribution in [0.25, 0.3) is 0 Å². The van der Waals surface area contributed by atoms with Crippen LogP contribution in [0.2, 0.25) is 5.02 Å². The van der Waals surface area contributed by atoms with Crippen LogP contribution in [-0.2, 0) is 0 Å². The van der Waals surface area contributed by atoms with E-state index in [-0.39, 0.29) is 18.3 Å². The number of amides is 1. The first-order valence-corrected chi connectivity index (χ1v) is 7.81. The molecule has 2 unspecified atom stereocenters. The summed E-state index contributed by atoms with van der Waals surface area (Å²) in [4.78, 5) is 14.5. The second-order valence-electron chi connectivity index (χ2n) is 5.31. The smallest absolute Gasteiger partial charge is 0.253 e. The van der Waals surface area contributed by atoms with Gasteiger partial charge in [0.15, 0.2) is 0 Å². The van der Waals surface area contributed by atoms with Gasteiger partial charge in [0, 0.05) is 35.2 Å². The third-order valence-corrected chi connectivity index (χ3v) is 5.21. The molecular formula is C14H17BrCl2N2O. The number of carbonyl (C=O) groups excluding carboxylic acids is 1. The molecule has 2 saturated heterocycles. The third kappa shape index (κ3) is 3.30. The van der Waals surface area contributed by atoms with E-state index in [1.807, 2.05) is 17.0 Å². The highest BCUT2D eigenvalue weighted by Crippen LogP contribution is 2.25. The highest BCUT2D eigenvalue weighted by molar-refractivity contribution is 9.10. The van der Waals surface area contributed by atoms with Gasteiger partial charge in [-0.15, -0.1) is 12.4 Å². The highest BCUT2D eigenvalue weighted by atomic mass is 79.9. The molecule has 1 N–H and O–H groups in total. The fourth-order valence-corrected chi connectivity index (χ4v) is 3.37. The molecule has 0 radical (unpaired) electrons. The molecule has 0 aliphatic carbocycles. The molecule has 1 aromatic carbocycles. The van der Waals surface area contributed by atoms with Crippen molar-refractivity contribution < 1.29 is 4.79 Å². The van der Waals surface area contributed by atoms with Crippen LogP contribution in [0.5, 0.6) is 0 Å². The van der Waals surface area contributed by atoms with E-state index in [1.54, 1.807) is 6.07 Å². The van der Waals surface area contributed by atoms with Crippen molar-refractivity contribution in [3.8, 4) is 0 Å². The van der Waals surface area contributed by atoms with Crippen molar-refractivity contribution in [1.82, 2.24) is 10.2 Å². The average molecular weight is 380 g/mol. The van der Waals surface area contributed by atoms with Gasteiger partial charge in [-0.05, 0) is 53.4 Å². The van der Waals surface area contributed by atoms with Gasteiger partial charge in [-0.3, -0.25) is 4.79 Å². The summed E-state index contributed by atoms with van der Waals surface area (Å²) >= 11 is 9.41. The Labute approximate surface area is 138 Å². The zero-order chi connectivity index (χ0) is 13.4. The third-order valence-electron chi connectivity index (χ3n) is 3.98. The van der Waals surface area contributed by atoms with Gasteiger partial charge in [-0.25, -0.2) is 0 Å². The average Bonchev–Trinajstić information content (AvgIpc) is 2.72. The van der Waals surface area contributed by atoms with E-state index in [2.05, 4.69) is 21.2 Å². The molecule has 1 amide bonds. The summed E-state index contributed by atoms with van der Waals surface area (Å²) in [7, 11) is 0. The van der Waals surface area contributed by atoms with Gasteiger partial charge in [0.25, 0.3) is 5.91 Å². The summed E-state index contributed by atoms with van der Waals surface area (Å²) < 4.78 is 0.822. The second-order valence-corrected chi connectivity index (χ2v) is 6.57. The van der Waals surface area contributed by atoms with Crippen molar-refractivity contribution in [3.63, 3.8) is 0 Å². The van der Waals surface area contributed by atoms with Gasteiger partial charge in [-0.2, -0.15) is 0 Å². The molecule has 2 heterocycles. The number of halogens is 3. The molecule has 2 fully saturated rings. The van der Waals surface area contributed by atoms with Crippen LogP contribution >= 0.6 is 39.9 Å². The van der Waals surface area contributed by atoms with Crippen LogP contribution in [0.1, 0.15) is 29.6 Å². The van der Waals surface area contributed by atoms with Gasteiger partial charge in [0.1, 0.15) is 0 Å². The van der Waals surface area contributed by atoms with E-state index in [0.29, 0.717) is 22.7 Å². The van der Waals surface area contributed by atoms with E-state index in [9.17, 15) is 4.79 Å². The zero-order valence-corrected chi connectivity index (χ0v) is 14.1. The summed E-state index contributed by atoms with van der Waals surface area (Å²) in [5.74, 6) is 0.0868. The summed E-state index contributed by atoms with van der Waals surface area (Å²) in [6.45, 7) is 1.64. The van der Waals surface area contributed by atoms with Crippen molar-refractivity contribution in [2.24, 2.45) is 0 Å². The predicted octanol–water partition coefficient (Wildman–Crippen LogP) is 3.49. The fraction of sp³-hybridized carbons (Fsp3) is 0.500. The first-order chi connectivity index (χ1) is 9.13. The topological polar surface area (TPSA) is 32.3 Å². The Bertz CT molecular complexity index is 512. The number of rotatable bonds is 1. The minimum Gasteiger partial charge on any atom is -0.337 e. The molecule has 6 heteroatoms. The van der Waals surface area contributed by atoms with Crippen LogP contribution in [0.3, 0.4) is 0 Å². The van der Waals surface area contributed by atoms with E-state index >= 15 is 0 Å². The van der Waals surface area contributed by atoms with Gasteiger partial charge in [0.05, 0.1) is 5.02 Å². The van der Waals surface area contributed by atoms with Crippen molar-refractivity contribution in [2.45, 2.75) is 31.3 Å². The van der Waals surface area contributed by atoms with E-state index in [1.165, 1.54) is 12.8 Å². The molecule has 2 atom stereocenters. The lowest BCUT2D eigenvalue weighted by atomic mass is 10.1. The molecule has 20 heavy (non-hydrogen) atoms. The lowest BCUT2D eigenvalue weighted by Gasteiger charge is -2.24. The minimum atomic E-state index is 0. The van der Waals surface area contributed by atoms with E-state index in [4.69, 9.17) is 11.6 Å². The van der Waals surface area contributed by atoms with Gasteiger partial charge < -0.3 is 10.2 Å². The Balaban J connectivity index is 0.00000147. The number of nitrogens with one attached hydrogen (secondary N) is 1. The molecule has 110 valence electrons. The van der Waals surface area contributed by atoms with Crippen molar-refractivity contribution in [2.75, 3.05) is 13.1 Å². The van der Waals surface area contributed by atoms with Crippen LogP contribution in [0, 0.1) is 0 Å². The van der Waals surface area contributed by atoms with Crippen LogP contribution in [-0.4, -0.2) is 36.0 Å². The maximum absolute atomic E-state index is 12.5. The number of hydrogen-bond donors (Lipinski definition) is 1. The lowest BCUT2D eigenvalue weighted by molar-refractivity contribution is 0.0748. The maximum Gasteiger partial charge on any atom is 0.253 e. The van der Waals surface area contributed by atoms with Crippen molar-refractivity contribution in [3.05, 3.63) is 33.3 Å². The molecule has 0 aromatic heterocycles. The molecule has 2 bridgehead atoms. The second kappa shape index (κ2) is 6.65. The Morgan fingerprint density at radius 1 is 1.30 bits per heavy atom. The molecular weight excluding hydrogens is 363 g/mol. The van der Waals surface area contributed by atoms with Gasteiger partial charge >= 0.3 is 0 Å². The summed E-state index contributed by atoms with van der Waals surface area (Å²) in [6.07, 6.45) is 3.47. The van der Waals surface area contributed by atoms with Gasteiger partial charge in [-0.1, -0.05) is 11.6 Å². The summed E-state index contributed by atoms with van der Waals surface area (Å²) in [6, 6.07) is 6.45. The molecule has 0 saturated carbocycles. The molecule has 3 nitrogen and oxygen atoms in total. The Morgan fingerprint density at radius 3 is 2.80 bits per heavy atom. The van der Waals surface area contributed by atoms with E-state index < -0.39 is 0 Å². The quantitative estimate of drug-likeness (QED) is 0.809. The van der Waals surface area contributed by atoms with Crippen LogP contribution in [0.4, 0.5) is 0 Å². The Hall–Kier alpha value is -0.290. The van der Waals surface area contributed by atoms with Crippen LogP contribution < -0.4 is 5.32 Å². The minimum absolute atomic E-state index is 0. The fourth-order valence-electron chi connectivity index (χ4n) is 2.94. The number of hydrogen-bond acceptors (Lipinski definition) is 2. The number of carbonyl (C=O) groups is 1. The highest BCUT2D eigenvalue weighted by Gasteiger charge is 2.31. The van der Waals surface area contributed by atoms with E-state index in [0.717, 1.165) is 24.0 Å². The predicted molar refractivity (Wildman–Crippen MR) is 86.9 cm³/mol. The molecule has 2 aliphatic heterocycles. The first kappa shape index (κ1) is 16.1. The first-order valence-electron chi connectivity index (χ1n) is 6.64. The maximum atomic E-state index is 12.5. The number of likely N-dealkylation sites (tertiary alicyclic amines) is 1. The summed E-state index contributed by atoms with van der Waals surface area (Å²) in [5.41, 5.74) is 0.672. The monoisotopic (exact) mass is 378 g/mol. The number of fused-ring (bicyclic) bond motifs is 2. The standard InChI is InChI=1S/C14H16BrClN2O.ClH/c15-12-4-1-9(7-13(12)16)14(19)18-6-5-10-2-3-11(8-18)17-10;/h1,4,7,10-11,17H,2-3,5-6,8H2;1H. The number of benzene rings is 1. The normalized spacial score (nSPS) is 25.0.